The maximum atomic E-state index is 13.1. The molecule has 2 aromatic rings. The van der Waals surface area contributed by atoms with Gasteiger partial charge < -0.3 is 4.90 Å². The van der Waals surface area contributed by atoms with Crippen molar-refractivity contribution >= 4 is 16.5 Å². The van der Waals surface area contributed by atoms with Crippen LogP contribution in [0, 0.1) is 11.2 Å². The average Bonchev–Trinajstić information content (AvgIpc) is 3.20. The first-order chi connectivity index (χ1) is 11.2. The molecule has 3 heterocycles. The summed E-state index contributed by atoms with van der Waals surface area (Å²) in [6, 6.07) is 6.95. The van der Waals surface area contributed by atoms with Crippen molar-refractivity contribution < 1.29 is 4.39 Å². The van der Waals surface area contributed by atoms with Crippen molar-refractivity contribution in [2.24, 2.45) is 5.41 Å². The molecular weight excluding hydrogens is 309 g/mol. The van der Waals surface area contributed by atoms with Crippen molar-refractivity contribution in [1.82, 2.24) is 9.88 Å². The van der Waals surface area contributed by atoms with Gasteiger partial charge in [-0.25, -0.2) is 9.37 Å². The van der Waals surface area contributed by atoms with Crippen LogP contribution >= 0.6 is 11.3 Å². The van der Waals surface area contributed by atoms with Crippen molar-refractivity contribution in [2.45, 2.75) is 25.8 Å². The average molecular weight is 331 g/mol. The van der Waals surface area contributed by atoms with Crippen LogP contribution in [0.25, 0.3) is 0 Å². The van der Waals surface area contributed by atoms with Crippen molar-refractivity contribution in [3.05, 3.63) is 47.2 Å². The summed E-state index contributed by atoms with van der Waals surface area (Å²) in [5.41, 5.74) is 1.61. The van der Waals surface area contributed by atoms with Crippen LogP contribution in [0.5, 0.6) is 0 Å². The number of likely N-dealkylation sites (tertiary alicyclic amines) is 1. The van der Waals surface area contributed by atoms with Gasteiger partial charge in [0.25, 0.3) is 0 Å². The number of anilines is 1. The van der Waals surface area contributed by atoms with Crippen molar-refractivity contribution in [2.75, 3.05) is 31.1 Å². The van der Waals surface area contributed by atoms with Gasteiger partial charge in [0.05, 0.1) is 0 Å². The van der Waals surface area contributed by atoms with Gasteiger partial charge in [0, 0.05) is 43.2 Å². The van der Waals surface area contributed by atoms with Crippen LogP contribution in [0.2, 0.25) is 0 Å². The van der Waals surface area contributed by atoms with Gasteiger partial charge in [-0.2, -0.15) is 0 Å². The number of hydrogen-bond donors (Lipinski definition) is 0. The second-order valence-electron chi connectivity index (χ2n) is 6.93. The van der Waals surface area contributed by atoms with Gasteiger partial charge >= 0.3 is 0 Å². The van der Waals surface area contributed by atoms with E-state index in [1.54, 1.807) is 23.5 Å². The molecule has 23 heavy (non-hydrogen) atoms. The molecule has 1 atom stereocenters. The number of piperidine rings is 1. The highest BCUT2D eigenvalue weighted by molar-refractivity contribution is 7.13. The Kier molecular flexibility index (Phi) is 4.07. The molecule has 0 N–H and O–H groups in total. The topological polar surface area (TPSA) is 19.4 Å². The zero-order chi connectivity index (χ0) is 15.7. The first kappa shape index (κ1) is 15.1. The summed E-state index contributed by atoms with van der Waals surface area (Å²) < 4.78 is 13.1. The van der Waals surface area contributed by atoms with E-state index in [1.807, 2.05) is 18.3 Å². The molecule has 0 unspecified atom stereocenters. The van der Waals surface area contributed by atoms with Crippen LogP contribution in [-0.2, 0) is 6.54 Å². The van der Waals surface area contributed by atoms with E-state index >= 15 is 0 Å². The van der Waals surface area contributed by atoms with Crippen LogP contribution in [0.3, 0.4) is 0 Å². The van der Waals surface area contributed by atoms with Gasteiger partial charge in [0.1, 0.15) is 5.82 Å². The number of thiazole rings is 1. The van der Waals surface area contributed by atoms with Gasteiger partial charge in [-0.05, 0) is 43.5 Å². The van der Waals surface area contributed by atoms with Crippen LogP contribution < -0.4 is 4.90 Å². The third kappa shape index (κ3) is 3.26. The van der Waals surface area contributed by atoms with E-state index in [0.717, 1.165) is 37.9 Å². The Bertz CT molecular complexity index is 643. The summed E-state index contributed by atoms with van der Waals surface area (Å²) in [5.74, 6) is -0.154. The largest absolute Gasteiger partial charge is 0.347 e. The van der Waals surface area contributed by atoms with E-state index in [4.69, 9.17) is 0 Å². The Morgan fingerprint density at radius 3 is 2.78 bits per heavy atom. The molecule has 0 saturated carbocycles. The van der Waals surface area contributed by atoms with E-state index in [0.29, 0.717) is 5.41 Å². The monoisotopic (exact) mass is 331 g/mol. The fraction of sp³-hybridized carbons (Fsp3) is 0.500. The molecule has 2 saturated heterocycles. The van der Waals surface area contributed by atoms with Crippen LogP contribution in [0.4, 0.5) is 9.52 Å². The summed E-state index contributed by atoms with van der Waals surface area (Å²) in [6.45, 7) is 5.47. The number of rotatable bonds is 3. The molecule has 4 rings (SSSR count). The normalized spacial score (nSPS) is 25.3. The Morgan fingerprint density at radius 2 is 2.00 bits per heavy atom. The van der Waals surface area contributed by atoms with Crippen LogP contribution in [0.15, 0.2) is 35.8 Å². The minimum Gasteiger partial charge on any atom is -0.347 e. The number of halogens is 1. The zero-order valence-electron chi connectivity index (χ0n) is 13.2. The number of benzene rings is 1. The summed E-state index contributed by atoms with van der Waals surface area (Å²) >= 11 is 1.74. The van der Waals surface area contributed by atoms with E-state index in [9.17, 15) is 4.39 Å². The lowest BCUT2D eigenvalue weighted by Gasteiger charge is -2.40. The van der Waals surface area contributed by atoms with Gasteiger partial charge in [-0.3, -0.25) is 4.90 Å². The molecule has 0 bridgehead atoms. The summed E-state index contributed by atoms with van der Waals surface area (Å²) in [4.78, 5) is 9.46. The number of aromatic nitrogens is 1. The maximum absolute atomic E-state index is 13.1. The molecule has 0 amide bonds. The molecule has 2 aliphatic heterocycles. The van der Waals surface area contributed by atoms with Gasteiger partial charge in [-0.15, -0.1) is 11.3 Å². The number of hydrogen-bond acceptors (Lipinski definition) is 4. The summed E-state index contributed by atoms with van der Waals surface area (Å²) in [6.07, 6.45) is 5.72. The van der Waals surface area contributed by atoms with E-state index < -0.39 is 0 Å². The van der Waals surface area contributed by atoms with Gasteiger partial charge in [0.15, 0.2) is 5.13 Å². The standard InChI is InChI=1S/C18H22FN3S/c19-16-4-2-15(3-5-16)12-21-9-1-6-18(13-21)7-10-22(14-18)17-20-8-11-23-17/h2-5,8,11H,1,6-7,9-10,12-14H2/t18-/m0/s1. The fourth-order valence-electron chi connectivity index (χ4n) is 4.10. The Morgan fingerprint density at radius 1 is 1.13 bits per heavy atom. The minimum atomic E-state index is -0.154. The molecule has 0 radical (unpaired) electrons. The second kappa shape index (κ2) is 6.21. The van der Waals surface area contributed by atoms with E-state index in [1.165, 1.54) is 24.8 Å². The second-order valence-corrected chi connectivity index (χ2v) is 7.80. The van der Waals surface area contributed by atoms with Crippen LogP contribution in [0.1, 0.15) is 24.8 Å². The molecule has 1 aromatic carbocycles. The molecule has 5 heteroatoms. The van der Waals surface area contributed by atoms with Gasteiger partial charge in [0.2, 0.25) is 0 Å². The summed E-state index contributed by atoms with van der Waals surface area (Å²) in [7, 11) is 0. The molecule has 2 aliphatic rings. The van der Waals surface area contributed by atoms with E-state index in [2.05, 4.69) is 20.2 Å². The predicted octanol–water partition coefficient (Wildman–Crippen LogP) is 3.77. The smallest absolute Gasteiger partial charge is 0.185 e. The lowest BCUT2D eigenvalue weighted by Crippen LogP contribution is -2.44. The highest BCUT2D eigenvalue weighted by Gasteiger charge is 2.41. The summed E-state index contributed by atoms with van der Waals surface area (Å²) in [5, 5.41) is 3.22. The minimum absolute atomic E-state index is 0.154. The zero-order valence-corrected chi connectivity index (χ0v) is 14.1. The molecule has 3 nitrogen and oxygen atoms in total. The van der Waals surface area contributed by atoms with E-state index in [-0.39, 0.29) is 5.82 Å². The Labute approximate surface area is 140 Å². The molecule has 122 valence electrons. The quantitative estimate of drug-likeness (QED) is 0.853. The van der Waals surface area contributed by atoms with Crippen molar-refractivity contribution in [1.29, 1.82) is 0 Å². The first-order valence-electron chi connectivity index (χ1n) is 8.34. The number of nitrogens with zero attached hydrogens (tertiary/aromatic N) is 3. The first-order valence-corrected chi connectivity index (χ1v) is 9.22. The van der Waals surface area contributed by atoms with Crippen LogP contribution in [-0.4, -0.2) is 36.1 Å². The van der Waals surface area contributed by atoms with Crippen molar-refractivity contribution in [3.8, 4) is 0 Å². The highest BCUT2D eigenvalue weighted by atomic mass is 32.1. The lowest BCUT2D eigenvalue weighted by molar-refractivity contribution is 0.0991. The molecular formula is C18H22FN3S. The Hall–Kier alpha value is -1.46. The maximum Gasteiger partial charge on any atom is 0.185 e. The lowest BCUT2D eigenvalue weighted by atomic mass is 9.79. The molecule has 2 fully saturated rings. The van der Waals surface area contributed by atoms with Crippen molar-refractivity contribution in [3.63, 3.8) is 0 Å². The third-order valence-corrected chi connectivity index (χ3v) is 6.02. The molecule has 1 spiro atoms. The molecule has 0 aliphatic carbocycles. The third-order valence-electron chi connectivity index (χ3n) is 5.19. The SMILES string of the molecule is Fc1ccc(CN2CCC[C@]3(CCN(c4nccs4)C3)C2)cc1. The Balaban J connectivity index is 1.42. The van der Waals surface area contributed by atoms with Gasteiger partial charge in [-0.1, -0.05) is 12.1 Å². The predicted molar refractivity (Wildman–Crippen MR) is 92.3 cm³/mol. The highest BCUT2D eigenvalue weighted by Crippen LogP contribution is 2.41. The fourth-order valence-corrected chi connectivity index (χ4v) is 4.77. The molecule has 1 aromatic heterocycles.